The standard InChI is InChI=1S/C18H18N4O4S3/c1-3-9-22-17(24)15-14(8-10-27-15)21-18(22)28-11(2)16(23)20-12-4-6-13(7-5-12)29(19,25)26/h3-8,10-11H,1,9H2,2H3,(H,20,23)(H2,19,25,26). The number of rotatable bonds is 7. The first-order valence-electron chi connectivity index (χ1n) is 8.40. The highest BCUT2D eigenvalue weighted by Crippen LogP contribution is 2.25. The van der Waals surface area contributed by atoms with Crippen LogP contribution in [0, 0.1) is 0 Å². The Morgan fingerprint density at radius 1 is 1.38 bits per heavy atom. The van der Waals surface area contributed by atoms with E-state index in [0.717, 1.165) is 11.8 Å². The molecular weight excluding hydrogens is 432 g/mol. The number of aromatic nitrogens is 2. The number of allylic oxidation sites excluding steroid dienone is 1. The minimum Gasteiger partial charge on any atom is -0.325 e. The van der Waals surface area contributed by atoms with Crippen molar-refractivity contribution >= 4 is 54.9 Å². The van der Waals surface area contributed by atoms with E-state index in [4.69, 9.17) is 5.14 Å². The molecule has 1 amide bonds. The third-order valence-electron chi connectivity index (χ3n) is 3.94. The second-order valence-electron chi connectivity index (χ2n) is 6.05. The molecule has 2 aromatic heterocycles. The van der Waals surface area contributed by atoms with Crippen LogP contribution in [0.15, 0.2) is 63.2 Å². The number of nitrogens with zero attached hydrogens (tertiary/aromatic N) is 2. The van der Waals surface area contributed by atoms with E-state index < -0.39 is 15.3 Å². The van der Waals surface area contributed by atoms with Gasteiger partial charge in [0.15, 0.2) is 5.16 Å². The predicted octanol–water partition coefficient (Wildman–Crippen LogP) is 2.41. The van der Waals surface area contributed by atoms with Crippen molar-refractivity contribution in [2.24, 2.45) is 5.14 Å². The third-order valence-corrected chi connectivity index (χ3v) is 6.86. The maximum Gasteiger partial charge on any atom is 0.272 e. The fourth-order valence-electron chi connectivity index (χ4n) is 2.49. The van der Waals surface area contributed by atoms with Crippen molar-refractivity contribution in [1.29, 1.82) is 0 Å². The lowest BCUT2D eigenvalue weighted by atomic mass is 10.3. The number of primary sulfonamides is 1. The molecule has 11 heteroatoms. The SMILES string of the molecule is C=CCn1c(SC(C)C(=O)Nc2ccc(S(N)(=O)=O)cc2)nc2ccsc2c1=O. The van der Waals surface area contributed by atoms with Crippen LogP contribution >= 0.6 is 23.1 Å². The zero-order valence-corrected chi connectivity index (χ0v) is 17.8. The lowest BCUT2D eigenvalue weighted by Gasteiger charge is -2.15. The van der Waals surface area contributed by atoms with Gasteiger partial charge >= 0.3 is 0 Å². The summed E-state index contributed by atoms with van der Waals surface area (Å²) >= 11 is 2.48. The van der Waals surface area contributed by atoms with Gasteiger partial charge in [-0.05, 0) is 42.6 Å². The van der Waals surface area contributed by atoms with Crippen LogP contribution in [0.5, 0.6) is 0 Å². The van der Waals surface area contributed by atoms with E-state index in [9.17, 15) is 18.0 Å². The molecule has 152 valence electrons. The van der Waals surface area contributed by atoms with Crippen LogP contribution in [0.1, 0.15) is 6.92 Å². The molecule has 3 rings (SSSR count). The van der Waals surface area contributed by atoms with Gasteiger partial charge in [-0.25, -0.2) is 18.5 Å². The number of fused-ring (bicyclic) bond motifs is 1. The molecule has 0 spiro atoms. The van der Waals surface area contributed by atoms with Crippen LogP contribution < -0.4 is 16.0 Å². The van der Waals surface area contributed by atoms with Crippen LogP contribution in [0.4, 0.5) is 5.69 Å². The first kappa shape index (κ1) is 21.2. The molecule has 29 heavy (non-hydrogen) atoms. The number of hydrogen-bond donors (Lipinski definition) is 2. The fourth-order valence-corrected chi connectivity index (χ4v) is 4.70. The number of carbonyl (C=O) groups is 1. The number of thiophene rings is 1. The van der Waals surface area contributed by atoms with Crippen LogP contribution in [0.25, 0.3) is 10.2 Å². The number of benzene rings is 1. The van der Waals surface area contributed by atoms with E-state index in [-0.39, 0.29) is 22.9 Å². The van der Waals surface area contributed by atoms with Crippen molar-refractivity contribution in [3.05, 3.63) is 58.7 Å². The fraction of sp³-hybridized carbons (Fsp3) is 0.167. The number of amides is 1. The molecule has 0 aliphatic carbocycles. The molecule has 8 nitrogen and oxygen atoms in total. The number of anilines is 1. The van der Waals surface area contributed by atoms with Crippen molar-refractivity contribution in [3.63, 3.8) is 0 Å². The minimum absolute atomic E-state index is 0.0420. The average Bonchev–Trinajstić information content (AvgIpc) is 3.13. The number of thioether (sulfide) groups is 1. The Balaban J connectivity index is 1.80. The number of nitrogens with two attached hydrogens (primary N) is 1. The second kappa shape index (κ2) is 8.49. The molecular formula is C18H18N4O4S3. The zero-order chi connectivity index (χ0) is 21.2. The maximum absolute atomic E-state index is 12.7. The van der Waals surface area contributed by atoms with Gasteiger partial charge in [-0.15, -0.1) is 17.9 Å². The van der Waals surface area contributed by atoms with E-state index in [0.29, 0.717) is 21.1 Å². The first-order valence-corrected chi connectivity index (χ1v) is 11.7. The van der Waals surface area contributed by atoms with Gasteiger partial charge in [-0.2, -0.15) is 0 Å². The van der Waals surface area contributed by atoms with E-state index in [1.54, 1.807) is 24.4 Å². The number of sulfonamides is 1. The molecule has 0 saturated carbocycles. The third kappa shape index (κ3) is 4.75. The van der Waals surface area contributed by atoms with E-state index in [2.05, 4.69) is 16.9 Å². The van der Waals surface area contributed by atoms with Gasteiger partial charge in [0.1, 0.15) is 4.70 Å². The molecule has 0 bridgehead atoms. The van der Waals surface area contributed by atoms with Crippen LogP contribution in [0.2, 0.25) is 0 Å². The highest BCUT2D eigenvalue weighted by Gasteiger charge is 2.20. The maximum atomic E-state index is 12.7. The summed E-state index contributed by atoms with van der Waals surface area (Å²) in [6.07, 6.45) is 1.60. The Hall–Kier alpha value is -2.47. The van der Waals surface area contributed by atoms with Crippen LogP contribution in [0.3, 0.4) is 0 Å². The largest absolute Gasteiger partial charge is 0.325 e. The topological polar surface area (TPSA) is 124 Å². The van der Waals surface area contributed by atoms with Gasteiger partial charge < -0.3 is 5.32 Å². The average molecular weight is 451 g/mol. The Bertz CT molecular complexity index is 1230. The summed E-state index contributed by atoms with van der Waals surface area (Å²) in [6, 6.07) is 7.31. The van der Waals surface area contributed by atoms with Gasteiger partial charge in [-0.3, -0.25) is 14.2 Å². The van der Waals surface area contributed by atoms with Crippen molar-refractivity contribution in [1.82, 2.24) is 9.55 Å². The van der Waals surface area contributed by atoms with Gasteiger partial charge in [0.05, 0.1) is 15.7 Å². The van der Waals surface area contributed by atoms with Gasteiger partial charge in [0, 0.05) is 12.2 Å². The summed E-state index contributed by atoms with van der Waals surface area (Å²) in [5.74, 6) is -0.317. The quantitative estimate of drug-likeness (QED) is 0.324. The Kier molecular flexibility index (Phi) is 6.22. The predicted molar refractivity (Wildman–Crippen MR) is 116 cm³/mol. The lowest BCUT2D eigenvalue weighted by Crippen LogP contribution is -2.26. The highest BCUT2D eigenvalue weighted by atomic mass is 32.2. The number of hydrogen-bond acceptors (Lipinski definition) is 7. The van der Waals surface area contributed by atoms with Crippen molar-refractivity contribution < 1.29 is 13.2 Å². The smallest absolute Gasteiger partial charge is 0.272 e. The van der Waals surface area contributed by atoms with Gasteiger partial charge in [-0.1, -0.05) is 17.8 Å². The molecule has 1 aromatic carbocycles. The summed E-state index contributed by atoms with van der Waals surface area (Å²) in [4.78, 5) is 29.7. The van der Waals surface area contributed by atoms with Gasteiger partial charge in [0.2, 0.25) is 15.9 Å². The molecule has 2 heterocycles. The minimum atomic E-state index is -3.80. The molecule has 1 unspecified atom stereocenters. The summed E-state index contributed by atoms with van der Waals surface area (Å²) in [5.41, 5.74) is 0.854. The Labute approximate surface area is 175 Å². The van der Waals surface area contributed by atoms with E-state index >= 15 is 0 Å². The molecule has 0 radical (unpaired) electrons. The van der Waals surface area contributed by atoms with Crippen LogP contribution in [-0.2, 0) is 21.4 Å². The molecule has 3 aromatic rings. The van der Waals surface area contributed by atoms with Crippen molar-refractivity contribution in [3.8, 4) is 0 Å². The zero-order valence-electron chi connectivity index (χ0n) is 15.4. The summed E-state index contributed by atoms with van der Waals surface area (Å²) in [7, 11) is -3.80. The summed E-state index contributed by atoms with van der Waals surface area (Å²) in [6.45, 7) is 5.65. The normalized spacial score (nSPS) is 12.6. The van der Waals surface area contributed by atoms with E-state index in [1.807, 2.05) is 0 Å². The summed E-state index contributed by atoms with van der Waals surface area (Å²) in [5, 5.41) is 9.44. The molecule has 0 saturated heterocycles. The molecule has 0 fully saturated rings. The molecule has 3 N–H and O–H groups in total. The van der Waals surface area contributed by atoms with E-state index in [1.165, 1.54) is 40.2 Å². The monoisotopic (exact) mass is 450 g/mol. The Morgan fingerprint density at radius 3 is 2.69 bits per heavy atom. The second-order valence-corrected chi connectivity index (χ2v) is 9.84. The van der Waals surface area contributed by atoms with Gasteiger partial charge in [0.25, 0.3) is 5.56 Å². The van der Waals surface area contributed by atoms with Crippen molar-refractivity contribution in [2.45, 2.75) is 28.8 Å². The lowest BCUT2D eigenvalue weighted by molar-refractivity contribution is -0.115. The number of carbonyl (C=O) groups excluding carboxylic acids is 1. The number of nitrogens with one attached hydrogen (secondary N) is 1. The van der Waals surface area contributed by atoms with Crippen LogP contribution in [-0.4, -0.2) is 29.1 Å². The highest BCUT2D eigenvalue weighted by molar-refractivity contribution is 8.00. The molecule has 0 aliphatic heterocycles. The Morgan fingerprint density at radius 2 is 2.07 bits per heavy atom. The first-order chi connectivity index (χ1) is 13.7. The summed E-state index contributed by atoms with van der Waals surface area (Å²) < 4.78 is 24.7. The molecule has 0 aliphatic rings. The van der Waals surface area contributed by atoms with Crippen molar-refractivity contribution in [2.75, 3.05) is 5.32 Å². The molecule has 1 atom stereocenters.